The van der Waals surface area contributed by atoms with Crippen LogP contribution in [0.15, 0.2) is 24.3 Å². The van der Waals surface area contributed by atoms with Gasteiger partial charge in [0.2, 0.25) is 0 Å². The van der Waals surface area contributed by atoms with Crippen molar-refractivity contribution in [3.8, 4) is 17.2 Å². The van der Waals surface area contributed by atoms with E-state index in [0.29, 0.717) is 18.8 Å². The highest BCUT2D eigenvalue weighted by Crippen LogP contribution is 2.36. The third kappa shape index (κ3) is 7.15. The lowest BCUT2D eigenvalue weighted by molar-refractivity contribution is -0.144. The first-order valence-corrected chi connectivity index (χ1v) is 11.8. The minimum absolute atomic E-state index is 0. The summed E-state index contributed by atoms with van der Waals surface area (Å²) >= 11 is 8.55. The third-order valence-electron chi connectivity index (χ3n) is 3.31. The minimum Gasteiger partial charge on any atom is -0.506 e. The van der Waals surface area contributed by atoms with Gasteiger partial charge in [0.25, 0.3) is 0 Å². The molecule has 0 aliphatic carbocycles. The Morgan fingerprint density at radius 3 is 2.07 bits per heavy atom. The molecule has 0 aromatic heterocycles. The lowest BCUT2D eigenvalue weighted by Gasteiger charge is -2.15. The number of phenolic OH excluding ortho intramolecular Hbond substituents is 1. The van der Waals surface area contributed by atoms with Crippen LogP contribution in [0.4, 0.5) is 0 Å². The Morgan fingerprint density at radius 2 is 1.59 bits per heavy atom. The number of aromatic hydroxyl groups is 1. The van der Waals surface area contributed by atoms with Gasteiger partial charge in [0.1, 0.15) is 17.5 Å². The fourth-order valence-corrected chi connectivity index (χ4v) is 5.96. The van der Waals surface area contributed by atoms with Crippen LogP contribution in [0.5, 0.6) is 17.2 Å². The fraction of sp³-hybridized carbons (Fsp3) is 0.235. The highest BCUT2D eigenvalue weighted by atomic mass is 127. The zero-order chi connectivity index (χ0) is 19.4. The molecule has 5 nitrogen and oxygen atoms in total. The van der Waals surface area contributed by atoms with E-state index in [4.69, 9.17) is 15.2 Å². The van der Waals surface area contributed by atoms with Crippen LogP contribution in [0.2, 0.25) is 0 Å². The number of esters is 1. The monoisotopic (exact) mass is 841 g/mol. The summed E-state index contributed by atoms with van der Waals surface area (Å²) in [7, 11) is 0. The Balaban J connectivity index is 0.00000364. The number of carbonyl (C=O) groups excluding carboxylic acids is 1. The standard InChI is InChI=1S/C17H15I4NO4.ClH/c1-2-25-17(24)14(22)5-8-3-12(20)16(13(21)4-8)26-9-6-10(18)15(23)11(19)7-9;/h3-4,6-7,14,23H,2,5,22H2,1H3;1H/t14-;/m0./s1. The van der Waals surface area contributed by atoms with Gasteiger partial charge in [0, 0.05) is 0 Å². The number of halogens is 5. The van der Waals surface area contributed by atoms with Crippen LogP contribution in [0.1, 0.15) is 12.5 Å². The van der Waals surface area contributed by atoms with E-state index in [1.165, 1.54) is 0 Å². The third-order valence-corrected chi connectivity index (χ3v) is 6.56. The average molecular weight is 841 g/mol. The van der Waals surface area contributed by atoms with Gasteiger partial charge in [-0.15, -0.1) is 12.4 Å². The topological polar surface area (TPSA) is 81.8 Å². The first kappa shape index (κ1) is 25.7. The van der Waals surface area contributed by atoms with Crippen molar-refractivity contribution < 1.29 is 19.4 Å². The fourth-order valence-electron chi connectivity index (χ4n) is 2.13. The lowest BCUT2D eigenvalue weighted by atomic mass is 10.1. The summed E-state index contributed by atoms with van der Waals surface area (Å²) in [6.07, 6.45) is 0.403. The number of nitrogens with two attached hydrogens (primary N) is 1. The summed E-state index contributed by atoms with van der Waals surface area (Å²) in [6.45, 7) is 2.08. The van der Waals surface area contributed by atoms with Crippen molar-refractivity contribution in [3.05, 3.63) is 44.1 Å². The second kappa shape index (κ2) is 11.8. The number of ether oxygens (including phenoxy) is 2. The molecule has 2 aromatic rings. The molecular formula is C17H16ClI4NO4. The van der Waals surface area contributed by atoms with Crippen molar-refractivity contribution >= 4 is 109 Å². The minimum atomic E-state index is -0.687. The molecule has 10 heteroatoms. The van der Waals surface area contributed by atoms with Crippen LogP contribution in [-0.2, 0) is 16.0 Å². The lowest BCUT2D eigenvalue weighted by Crippen LogP contribution is -2.34. The molecule has 0 aliphatic rings. The molecule has 148 valence electrons. The smallest absolute Gasteiger partial charge is 0.323 e. The van der Waals surface area contributed by atoms with E-state index < -0.39 is 12.0 Å². The molecule has 0 unspecified atom stereocenters. The molecule has 0 spiro atoms. The van der Waals surface area contributed by atoms with Crippen molar-refractivity contribution in [2.45, 2.75) is 19.4 Å². The predicted molar refractivity (Wildman–Crippen MR) is 141 cm³/mol. The van der Waals surface area contributed by atoms with Crippen LogP contribution in [0.3, 0.4) is 0 Å². The number of rotatable bonds is 6. The molecule has 2 aromatic carbocycles. The van der Waals surface area contributed by atoms with E-state index in [0.717, 1.165) is 25.6 Å². The Labute approximate surface area is 218 Å². The Hall–Kier alpha value is 0.680. The zero-order valence-corrected chi connectivity index (χ0v) is 23.4. The van der Waals surface area contributed by atoms with Gasteiger partial charge >= 0.3 is 5.97 Å². The highest BCUT2D eigenvalue weighted by Gasteiger charge is 2.18. The number of hydrogen-bond donors (Lipinski definition) is 2. The van der Waals surface area contributed by atoms with E-state index in [-0.39, 0.29) is 18.2 Å². The molecule has 0 saturated carbocycles. The van der Waals surface area contributed by atoms with Gasteiger partial charge in [-0.05, 0) is 134 Å². The average Bonchev–Trinajstić information content (AvgIpc) is 2.56. The van der Waals surface area contributed by atoms with Gasteiger partial charge in [-0.1, -0.05) is 0 Å². The van der Waals surface area contributed by atoms with Crippen molar-refractivity contribution in [1.82, 2.24) is 0 Å². The van der Waals surface area contributed by atoms with Crippen molar-refractivity contribution in [3.63, 3.8) is 0 Å². The first-order chi connectivity index (χ1) is 12.2. The molecule has 0 radical (unpaired) electrons. The molecule has 3 N–H and O–H groups in total. The normalized spacial score (nSPS) is 11.5. The van der Waals surface area contributed by atoms with Crippen LogP contribution >= 0.6 is 103 Å². The number of hydrogen-bond acceptors (Lipinski definition) is 5. The van der Waals surface area contributed by atoms with Gasteiger partial charge in [-0.3, -0.25) is 4.79 Å². The van der Waals surface area contributed by atoms with E-state index >= 15 is 0 Å². The maximum Gasteiger partial charge on any atom is 0.323 e. The summed E-state index contributed by atoms with van der Waals surface area (Å²) in [6, 6.07) is 6.79. The second-order valence-corrected chi connectivity index (χ2v) is 9.94. The van der Waals surface area contributed by atoms with Crippen LogP contribution in [-0.4, -0.2) is 23.7 Å². The molecular weight excluding hydrogens is 825 g/mol. The molecule has 0 fully saturated rings. The Bertz CT molecular complexity index is 789. The van der Waals surface area contributed by atoms with Gasteiger partial charge in [-0.2, -0.15) is 0 Å². The summed E-state index contributed by atoms with van der Waals surface area (Å²) in [5, 5.41) is 9.89. The zero-order valence-electron chi connectivity index (χ0n) is 14.0. The first-order valence-electron chi connectivity index (χ1n) is 7.49. The van der Waals surface area contributed by atoms with E-state index in [9.17, 15) is 9.90 Å². The number of benzene rings is 2. The molecule has 2 rings (SSSR count). The van der Waals surface area contributed by atoms with Crippen LogP contribution in [0, 0.1) is 14.3 Å². The maximum absolute atomic E-state index is 11.7. The predicted octanol–water partition coefficient (Wildman–Crippen LogP) is 5.46. The second-order valence-electron chi connectivity index (χ2n) is 5.29. The van der Waals surface area contributed by atoms with Gasteiger partial charge in [0.15, 0.2) is 5.75 Å². The SMILES string of the molecule is CCOC(=O)[C@@H](N)Cc1cc(I)c(Oc2cc(I)c(O)c(I)c2)c(I)c1.Cl. The molecule has 0 saturated heterocycles. The summed E-state index contributed by atoms with van der Waals surface area (Å²) in [4.78, 5) is 11.7. The van der Waals surface area contributed by atoms with Gasteiger partial charge < -0.3 is 20.3 Å². The molecule has 1 atom stereocenters. The van der Waals surface area contributed by atoms with Crippen LogP contribution in [0.25, 0.3) is 0 Å². The molecule has 0 amide bonds. The maximum atomic E-state index is 11.7. The van der Waals surface area contributed by atoms with E-state index in [1.807, 2.05) is 12.1 Å². The van der Waals surface area contributed by atoms with Gasteiger partial charge in [-0.25, -0.2) is 0 Å². The molecule has 0 aliphatic heterocycles. The van der Waals surface area contributed by atoms with Crippen molar-refractivity contribution in [2.24, 2.45) is 5.73 Å². The summed E-state index contributed by atoms with van der Waals surface area (Å²) in [5.74, 6) is 1.25. The summed E-state index contributed by atoms with van der Waals surface area (Å²) in [5.41, 5.74) is 6.85. The van der Waals surface area contributed by atoms with Crippen molar-refractivity contribution in [2.75, 3.05) is 6.61 Å². The van der Waals surface area contributed by atoms with Crippen LogP contribution < -0.4 is 10.5 Å². The Morgan fingerprint density at radius 1 is 1.07 bits per heavy atom. The highest BCUT2D eigenvalue weighted by molar-refractivity contribution is 14.1. The summed E-state index contributed by atoms with van der Waals surface area (Å²) < 4.78 is 14.3. The number of carbonyl (C=O) groups is 1. The molecule has 0 heterocycles. The van der Waals surface area contributed by atoms with Gasteiger partial charge in [0.05, 0.1) is 20.9 Å². The van der Waals surface area contributed by atoms with E-state index in [2.05, 4.69) is 90.4 Å². The van der Waals surface area contributed by atoms with E-state index in [1.54, 1.807) is 19.1 Å². The molecule has 0 bridgehead atoms. The quantitative estimate of drug-likeness (QED) is 0.299. The largest absolute Gasteiger partial charge is 0.506 e. The Kier molecular flexibility index (Phi) is 11.2. The molecule has 27 heavy (non-hydrogen) atoms. The van der Waals surface area contributed by atoms with Crippen molar-refractivity contribution in [1.29, 1.82) is 0 Å². The number of phenols is 1.